The van der Waals surface area contributed by atoms with Crippen molar-refractivity contribution in [1.82, 2.24) is 9.78 Å². The molecular weight excluding hydrogens is 269 g/mol. The molecule has 0 unspecified atom stereocenters. The first kappa shape index (κ1) is 13.5. The van der Waals surface area contributed by atoms with Crippen molar-refractivity contribution in [2.75, 3.05) is 12.0 Å². The summed E-state index contributed by atoms with van der Waals surface area (Å²) in [7, 11) is -1.63. The molecule has 0 aliphatic rings. The number of halogens is 1. The largest absolute Gasteiger partial charge is 0.383 e. The Bertz CT molecular complexity index is 723. The minimum atomic E-state index is -3.25. The Labute approximate surface area is 110 Å². The van der Waals surface area contributed by atoms with Gasteiger partial charge in [-0.1, -0.05) is 12.1 Å². The molecule has 2 N–H and O–H groups in total. The zero-order chi connectivity index (χ0) is 14.2. The van der Waals surface area contributed by atoms with Gasteiger partial charge in [-0.05, 0) is 17.7 Å². The SMILES string of the molecule is Cn1nc(CS(C)(=O)=O)c(-c2cccc(F)c2)c1N. The van der Waals surface area contributed by atoms with Gasteiger partial charge in [-0.3, -0.25) is 4.68 Å². The van der Waals surface area contributed by atoms with Crippen LogP contribution < -0.4 is 5.73 Å². The second kappa shape index (κ2) is 4.65. The van der Waals surface area contributed by atoms with Crippen molar-refractivity contribution in [2.24, 2.45) is 7.05 Å². The number of aryl methyl sites for hydroxylation is 1. The minimum Gasteiger partial charge on any atom is -0.383 e. The molecule has 2 rings (SSSR count). The van der Waals surface area contributed by atoms with Crippen LogP contribution in [0.15, 0.2) is 24.3 Å². The highest BCUT2D eigenvalue weighted by atomic mass is 32.2. The Hall–Kier alpha value is -1.89. The van der Waals surface area contributed by atoms with Gasteiger partial charge in [0, 0.05) is 18.9 Å². The summed E-state index contributed by atoms with van der Waals surface area (Å²) < 4.78 is 37.5. The lowest BCUT2D eigenvalue weighted by Gasteiger charge is -2.03. The number of nitrogens with zero attached hydrogens (tertiary/aromatic N) is 2. The van der Waals surface area contributed by atoms with Gasteiger partial charge in [0.15, 0.2) is 9.84 Å². The summed E-state index contributed by atoms with van der Waals surface area (Å²) in [5.74, 6) is -0.334. The van der Waals surface area contributed by atoms with E-state index < -0.39 is 15.7 Å². The first-order valence-electron chi connectivity index (χ1n) is 5.53. The maximum atomic E-state index is 13.3. The summed E-state index contributed by atoms with van der Waals surface area (Å²) in [6.45, 7) is 0. The van der Waals surface area contributed by atoms with Crippen LogP contribution in [0.25, 0.3) is 11.1 Å². The molecular formula is C12H14FN3O2S. The molecule has 0 radical (unpaired) electrons. The van der Waals surface area contributed by atoms with Crippen LogP contribution in [-0.4, -0.2) is 24.5 Å². The summed E-state index contributed by atoms with van der Waals surface area (Å²) in [6.07, 6.45) is 1.12. The van der Waals surface area contributed by atoms with E-state index in [2.05, 4.69) is 5.10 Å². The molecule has 5 nitrogen and oxygen atoms in total. The van der Waals surface area contributed by atoms with Gasteiger partial charge in [-0.2, -0.15) is 5.10 Å². The van der Waals surface area contributed by atoms with E-state index in [1.54, 1.807) is 19.2 Å². The van der Waals surface area contributed by atoms with E-state index in [1.807, 2.05) is 0 Å². The van der Waals surface area contributed by atoms with Crippen molar-refractivity contribution in [3.05, 3.63) is 35.8 Å². The van der Waals surface area contributed by atoms with Crippen molar-refractivity contribution in [3.8, 4) is 11.1 Å². The average molecular weight is 283 g/mol. The first-order valence-corrected chi connectivity index (χ1v) is 7.59. The van der Waals surface area contributed by atoms with Crippen molar-refractivity contribution in [2.45, 2.75) is 5.75 Å². The Morgan fingerprint density at radius 2 is 2.11 bits per heavy atom. The van der Waals surface area contributed by atoms with Crippen molar-refractivity contribution in [3.63, 3.8) is 0 Å². The number of sulfone groups is 1. The van der Waals surface area contributed by atoms with Crippen LogP contribution in [0.3, 0.4) is 0 Å². The van der Waals surface area contributed by atoms with E-state index in [0.29, 0.717) is 22.6 Å². The fraction of sp³-hybridized carbons (Fsp3) is 0.250. The topological polar surface area (TPSA) is 78.0 Å². The number of nitrogen functional groups attached to an aromatic ring is 1. The zero-order valence-corrected chi connectivity index (χ0v) is 11.4. The van der Waals surface area contributed by atoms with E-state index in [0.717, 1.165) is 6.26 Å². The Kier molecular flexibility index (Phi) is 3.32. The molecule has 0 aliphatic carbocycles. The van der Waals surface area contributed by atoms with E-state index in [9.17, 15) is 12.8 Å². The highest BCUT2D eigenvalue weighted by molar-refractivity contribution is 7.89. The van der Waals surface area contributed by atoms with Crippen molar-refractivity contribution in [1.29, 1.82) is 0 Å². The number of anilines is 1. The van der Waals surface area contributed by atoms with Gasteiger partial charge in [0.2, 0.25) is 0 Å². The summed E-state index contributed by atoms with van der Waals surface area (Å²) in [4.78, 5) is 0. The van der Waals surface area contributed by atoms with E-state index in [1.165, 1.54) is 16.8 Å². The van der Waals surface area contributed by atoms with Gasteiger partial charge in [0.25, 0.3) is 0 Å². The van der Waals surface area contributed by atoms with Gasteiger partial charge in [-0.15, -0.1) is 0 Å². The third kappa shape index (κ3) is 2.93. The molecule has 0 saturated carbocycles. The van der Waals surface area contributed by atoms with Crippen LogP contribution in [0, 0.1) is 5.82 Å². The number of rotatable bonds is 3. The van der Waals surface area contributed by atoms with Crippen molar-refractivity contribution >= 4 is 15.7 Å². The molecule has 0 fully saturated rings. The first-order chi connectivity index (χ1) is 8.78. The maximum absolute atomic E-state index is 13.3. The molecule has 102 valence electrons. The number of nitrogens with two attached hydrogens (primary N) is 1. The molecule has 1 aromatic heterocycles. The molecule has 1 heterocycles. The van der Waals surface area contributed by atoms with Gasteiger partial charge in [0.05, 0.1) is 11.4 Å². The molecule has 0 saturated heterocycles. The fourth-order valence-corrected chi connectivity index (χ4v) is 2.60. The molecule has 1 aromatic carbocycles. The lowest BCUT2D eigenvalue weighted by atomic mass is 10.1. The second-order valence-corrected chi connectivity index (χ2v) is 6.55. The lowest BCUT2D eigenvalue weighted by Crippen LogP contribution is -2.03. The standard InChI is InChI=1S/C12H14FN3O2S/c1-16-12(14)11(8-4-3-5-9(13)6-8)10(15-16)7-19(2,17)18/h3-6H,7,14H2,1-2H3. The Morgan fingerprint density at radius 1 is 1.42 bits per heavy atom. The van der Waals surface area contributed by atoms with Crippen LogP contribution in [0.5, 0.6) is 0 Å². The van der Waals surface area contributed by atoms with Crippen LogP contribution in [0.2, 0.25) is 0 Å². The molecule has 19 heavy (non-hydrogen) atoms. The minimum absolute atomic E-state index is 0.232. The van der Waals surface area contributed by atoms with E-state index in [-0.39, 0.29) is 5.75 Å². The van der Waals surface area contributed by atoms with Gasteiger partial charge < -0.3 is 5.73 Å². The number of benzene rings is 1. The predicted octanol–water partition coefficient (Wildman–Crippen LogP) is 1.35. The summed E-state index contributed by atoms with van der Waals surface area (Å²) in [5, 5.41) is 4.09. The Balaban J connectivity index is 2.62. The van der Waals surface area contributed by atoms with Crippen molar-refractivity contribution < 1.29 is 12.8 Å². The highest BCUT2D eigenvalue weighted by Gasteiger charge is 2.19. The molecule has 0 aliphatic heterocycles. The molecule has 7 heteroatoms. The maximum Gasteiger partial charge on any atom is 0.153 e. The molecule has 0 spiro atoms. The third-order valence-electron chi connectivity index (χ3n) is 2.68. The van der Waals surface area contributed by atoms with Crippen LogP contribution in [0.4, 0.5) is 10.2 Å². The van der Waals surface area contributed by atoms with E-state index in [4.69, 9.17) is 5.73 Å². The lowest BCUT2D eigenvalue weighted by molar-refractivity contribution is 0.600. The highest BCUT2D eigenvalue weighted by Crippen LogP contribution is 2.30. The number of hydrogen-bond acceptors (Lipinski definition) is 4. The normalized spacial score (nSPS) is 11.7. The molecule has 0 amide bonds. The smallest absolute Gasteiger partial charge is 0.153 e. The summed E-state index contributed by atoms with van der Waals surface area (Å²) in [6, 6.07) is 5.83. The average Bonchev–Trinajstić information content (AvgIpc) is 2.52. The summed E-state index contributed by atoms with van der Waals surface area (Å²) in [5.41, 5.74) is 7.20. The second-order valence-electron chi connectivity index (χ2n) is 4.41. The predicted molar refractivity (Wildman–Crippen MR) is 71.6 cm³/mol. The van der Waals surface area contributed by atoms with Gasteiger partial charge in [0.1, 0.15) is 11.6 Å². The van der Waals surface area contributed by atoms with Crippen LogP contribution >= 0.6 is 0 Å². The molecule has 2 aromatic rings. The van der Waals surface area contributed by atoms with Crippen LogP contribution in [0.1, 0.15) is 5.69 Å². The third-order valence-corrected chi connectivity index (χ3v) is 3.47. The monoisotopic (exact) mass is 283 g/mol. The quantitative estimate of drug-likeness (QED) is 0.922. The summed E-state index contributed by atoms with van der Waals surface area (Å²) >= 11 is 0. The zero-order valence-electron chi connectivity index (χ0n) is 10.6. The molecule has 0 bridgehead atoms. The molecule has 0 atom stereocenters. The number of hydrogen-bond donors (Lipinski definition) is 1. The van der Waals surface area contributed by atoms with Crippen LogP contribution in [-0.2, 0) is 22.6 Å². The van der Waals surface area contributed by atoms with E-state index >= 15 is 0 Å². The Morgan fingerprint density at radius 3 is 2.68 bits per heavy atom. The fourth-order valence-electron chi connectivity index (χ4n) is 1.90. The van der Waals surface area contributed by atoms with Gasteiger partial charge >= 0.3 is 0 Å². The van der Waals surface area contributed by atoms with Gasteiger partial charge in [-0.25, -0.2) is 12.8 Å². The number of aromatic nitrogens is 2.